The number of fused-ring (bicyclic) bond motifs is 1. The molecule has 2 heterocycles. The molecule has 0 bridgehead atoms. The van der Waals surface area contributed by atoms with Crippen LogP contribution in [0.15, 0.2) is 36.8 Å². The van der Waals surface area contributed by atoms with Crippen molar-refractivity contribution in [2.24, 2.45) is 18.9 Å². The number of rotatable bonds is 6. The van der Waals surface area contributed by atoms with Gasteiger partial charge < -0.3 is 5.32 Å². The molecule has 4 rings (SSSR count). The smallest absolute Gasteiger partial charge is 0.229 e. The fourth-order valence-corrected chi connectivity index (χ4v) is 4.75. The minimum atomic E-state index is -0.0619. The molecule has 154 valence electrons. The first-order chi connectivity index (χ1) is 14.4. The summed E-state index contributed by atoms with van der Waals surface area (Å²) in [5.41, 5.74) is 2.04. The quantitative estimate of drug-likeness (QED) is 0.605. The van der Waals surface area contributed by atoms with E-state index < -0.39 is 0 Å². The van der Waals surface area contributed by atoms with Crippen molar-refractivity contribution in [1.82, 2.24) is 14.8 Å². The Morgan fingerprint density at radius 3 is 2.80 bits per heavy atom. The van der Waals surface area contributed by atoms with E-state index in [2.05, 4.69) is 28.4 Å². The zero-order valence-corrected chi connectivity index (χ0v) is 18.0. The van der Waals surface area contributed by atoms with Crippen LogP contribution in [0, 0.1) is 23.2 Å². The van der Waals surface area contributed by atoms with E-state index in [-0.39, 0.29) is 23.7 Å². The van der Waals surface area contributed by atoms with Crippen molar-refractivity contribution in [1.29, 1.82) is 5.26 Å². The van der Waals surface area contributed by atoms with Crippen molar-refractivity contribution in [2.75, 3.05) is 5.32 Å². The van der Waals surface area contributed by atoms with Gasteiger partial charge in [-0.1, -0.05) is 31.9 Å². The third kappa shape index (κ3) is 3.78. The van der Waals surface area contributed by atoms with E-state index in [0.29, 0.717) is 23.2 Å². The number of hydrogen-bond donors (Lipinski definition) is 1. The number of pyridine rings is 1. The van der Waals surface area contributed by atoms with Gasteiger partial charge in [0.1, 0.15) is 5.82 Å². The van der Waals surface area contributed by atoms with Crippen LogP contribution in [-0.4, -0.2) is 20.7 Å². The number of benzene rings is 1. The van der Waals surface area contributed by atoms with Gasteiger partial charge in [-0.15, -0.1) is 0 Å². The fourth-order valence-electron chi connectivity index (χ4n) is 4.39. The van der Waals surface area contributed by atoms with Crippen LogP contribution in [0.5, 0.6) is 0 Å². The lowest BCUT2D eigenvalue weighted by atomic mass is 9.96. The van der Waals surface area contributed by atoms with Gasteiger partial charge in [0, 0.05) is 48.1 Å². The van der Waals surface area contributed by atoms with Gasteiger partial charge in [0.15, 0.2) is 0 Å². The molecule has 3 unspecified atom stereocenters. The van der Waals surface area contributed by atoms with Crippen LogP contribution < -0.4 is 5.32 Å². The Hall–Kier alpha value is -2.91. The Balaban J connectivity index is 1.55. The molecule has 1 saturated carbocycles. The maximum atomic E-state index is 12.9. The van der Waals surface area contributed by atoms with Crippen LogP contribution in [0.25, 0.3) is 10.8 Å². The number of aryl methyl sites for hydroxylation is 1. The highest BCUT2D eigenvalue weighted by Gasteiger charge is 2.54. The highest BCUT2D eigenvalue weighted by atomic mass is 35.5. The predicted molar refractivity (Wildman–Crippen MR) is 117 cm³/mol. The van der Waals surface area contributed by atoms with E-state index in [9.17, 15) is 4.79 Å². The number of carbonyl (C=O) groups is 1. The molecule has 1 aromatic carbocycles. The van der Waals surface area contributed by atoms with Gasteiger partial charge in [-0.3, -0.25) is 9.48 Å². The molecule has 1 fully saturated rings. The fraction of sp³-hybridized carbons (Fsp3) is 0.391. The summed E-state index contributed by atoms with van der Waals surface area (Å²) in [6, 6.07) is 7.92. The molecule has 1 aliphatic rings. The SMILES string of the molecule is CCC1C(C(=O)Nc2cc3cc([C@H](C)CC#N)c(Cl)cc3cn2)C1c1cnn(C)c1. The highest BCUT2D eigenvalue weighted by molar-refractivity contribution is 6.32. The Bertz CT molecular complexity index is 1150. The number of hydrogen-bond acceptors (Lipinski definition) is 4. The maximum Gasteiger partial charge on any atom is 0.229 e. The van der Waals surface area contributed by atoms with Gasteiger partial charge in [0.25, 0.3) is 0 Å². The Kier molecular flexibility index (Phi) is 5.48. The number of halogens is 1. The van der Waals surface area contributed by atoms with Gasteiger partial charge in [0.2, 0.25) is 5.91 Å². The van der Waals surface area contributed by atoms with Crippen LogP contribution in [0.3, 0.4) is 0 Å². The summed E-state index contributed by atoms with van der Waals surface area (Å²) in [7, 11) is 1.89. The average Bonchev–Trinajstić information content (AvgIpc) is 3.31. The summed E-state index contributed by atoms with van der Waals surface area (Å²) >= 11 is 6.40. The minimum Gasteiger partial charge on any atom is -0.310 e. The van der Waals surface area contributed by atoms with Crippen molar-refractivity contribution in [3.05, 3.63) is 52.9 Å². The average molecular weight is 422 g/mol. The first-order valence-corrected chi connectivity index (χ1v) is 10.6. The largest absolute Gasteiger partial charge is 0.310 e. The number of amides is 1. The summed E-state index contributed by atoms with van der Waals surface area (Å²) in [6.07, 6.45) is 6.90. The third-order valence-electron chi connectivity index (χ3n) is 6.07. The second-order valence-corrected chi connectivity index (χ2v) is 8.52. The molecule has 1 amide bonds. The topological polar surface area (TPSA) is 83.6 Å². The highest BCUT2D eigenvalue weighted by Crippen LogP contribution is 2.56. The molecular weight excluding hydrogens is 398 g/mol. The number of nitriles is 1. The number of aromatic nitrogens is 3. The van der Waals surface area contributed by atoms with Crippen LogP contribution in [0.4, 0.5) is 5.82 Å². The molecule has 1 aliphatic carbocycles. The molecule has 7 heteroatoms. The molecule has 3 aromatic rings. The first kappa shape index (κ1) is 20.4. The second-order valence-electron chi connectivity index (χ2n) is 8.11. The molecule has 0 radical (unpaired) electrons. The third-order valence-corrected chi connectivity index (χ3v) is 6.40. The summed E-state index contributed by atoms with van der Waals surface area (Å²) in [5, 5.41) is 18.7. The van der Waals surface area contributed by atoms with Crippen molar-refractivity contribution < 1.29 is 4.79 Å². The Labute approximate surface area is 180 Å². The van der Waals surface area contributed by atoms with Gasteiger partial charge >= 0.3 is 0 Å². The normalized spacial score (nSPS) is 21.2. The van der Waals surface area contributed by atoms with Gasteiger partial charge in [-0.05, 0) is 46.5 Å². The summed E-state index contributed by atoms with van der Waals surface area (Å²) in [5.74, 6) is 1.03. The van der Waals surface area contributed by atoms with Crippen LogP contribution >= 0.6 is 11.6 Å². The number of anilines is 1. The molecule has 4 atom stereocenters. The zero-order valence-electron chi connectivity index (χ0n) is 17.3. The second kappa shape index (κ2) is 8.08. The number of carbonyl (C=O) groups excluding carboxylic acids is 1. The van der Waals surface area contributed by atoms with Gasteiger partial charge in [-0.25, -0.2) is 4.98 Å². The van der Waals surface area contributed by atoms with Gasteiger partial charge in [0.05, 0.1) is 12.3 Å². The molecule has 0 saturated heterocycles. The lowest BCUT2D eigenvalue weighted by Crippen LogP contribution is -2.16. The molecule has 1 N–H and O–H groups in total. The van der Waals surface area contributed by atoms with Crippen LogP contribution in [-0.2, 0) is 11.8 Å². The van der Waals surface area contributed by atoms with Crippen LogP contribution in [0.1, 0.15) is 49.7 Å². The predicted octanol–water partition coefficient (Wildman–Crippen LogP) is 5.02. The molecule has 0 aliphatic heterocycles. The van der Waals surface area contributed by atoms with E-state index in [1.54, 1.807) is 10.9 Å². The van der Waals surface area contributed by atoms with Crippen molar-refractivity contribution in [3.63, 3.8) is 0 Å². The first-order valence-electron chi connectivity index (χ1n) is 10.2. The molecular formula is C23H24ClN5O. The lowest BCUT2D eigenvalue weighted by molar-refractivity contribution is -0.117. The summed E-state index contributed by atoms with van der Waals surface area (Å²) < 4.78 is 1.77. The van der Waals surface area contributed by atoms with E-state index in [1.807, 2.05) is 44.6 Å². The monoisotopic (exact) mass is 421 g/mol. The molecule has 6 nitrogen and oxygen atoms in total. The molecule has 2 aromatic heterocycles. The summed E-state index contributed by atoms with van der Waals surface area (Å²) in [6.45, 7) is 4.10. The molecule has 0 spiro atoms. The van der Waals surface area contributed by atoms with E-state index in [0.717, 1.165) is 28.3 Å². The lowest BCUT2D eigenvalue weighted by Gasteiger charge is -2.12. The van der Waals surface area contributed by atoms with Gasteiger partial charge in [-0.2, -0.15) is 10.4 Å². The Morgan fingerprint density at radius 2 is 2.13 bits per heavy atom. The minimum absolute atomic E-state index is 0.00501. The number of nitrogens with one attached hydrogen (secondary N) is 1. The van der Waals surface area contributed by atoms with E-state index >= 15 is 0 Å². The Morgan fingerprint density at radius 1 is 1.33 bits per heavy atom. The number of nitrogens with zero attached hydrogens (tertiary/aromatic N) is 4. The summed E-state index contributed by atoms with van der Waals surface area (Å²) in [4.78, 5) is 17.4. The van der Waals surface area contributed by atoms with E-state index in [4.69, 9.17) is 16.9 Å². The standard InChI is InChI=1S/C23H24ClN5O/c1-4-17-21(16-11-27-29(3)12-16)22(17)23(30)28-20-9-14-7-18(13(2)5-6-25)19(24)8-15(14)10-26-20/h7-13,17,21-22H,4-5H2,1-3H3,(H,26,28,30)/t13-,17?,21?,22?/m1/s1. The zero-order chi connectivity index (χ0) is 21.4. The van der Waals surface area contributed by atoms with Crippen LogP contribution in [0.2, 0.25) is 5.02 Å². The van der Waals surface area contributed by atoms with Crippen molar-refractivity contribution in [2.45, 2.75) is 38.5 Å². The molecule has 30 heavy (non-hydrogen) atoms. The maximum absolute atomic E-state index is 12.9. The van der Waals surface area contributed by atoms with Crippen molar-refractivity contribution in [3.8, 4) is 6.07 Å². The van der Waals surface area contributed by atoms with E-state index in [1.165, 1.54) is 0 Å². The van der Waals surface area contributed by atoms with Crippen molar-refractivity contribution >= 4 is 34.1 Å².